The third kappa shape index (κ3) is 3.31. The van der Waals surface area contributed by atoms with Crippen LogP contribution < -0.4 is 0 Å². The van der Waals surface area contributed by atoms with Gasteiger partial charge in [-0.3, -0.25) is 4.79 Å². The molecule has 0 bridgehead atoms. The van der Waals surface area contributed by atoms with Crippen molar-refractivity contribution in [1.82, 2.24) is 4.90 Å². The summed E-state index contributed by atoms with van der Waals surface area (Å²) in [6.45, 7) is 1.50. The van der Waals surface area contributed by atoms with Crippen molar-refractivity contribution in [1.29, 1.82) is 5.26 Å². The monoisotopic (exact) mass is 248 g/mol. The van der Waals surface area contributed by atoms with Crippen LogP contribution in [-0.2, 0) is 11.2 Å². The molecule has 1 aliphatic heterocycles. The molecule has 0 spiro atoms. The predicted octanol–water partition coefficient (Wildman–Crippen LogP) is 2.44. The summed E-state index contributed by atoms with van der Waals surface area (Å²) in [5.74, 6) is 0.381. The summed E-state index contributed by atoms with van der Waals surface area (Å²) in [5.41, 5.74) is 0. The maximum absolute atomic E-state index is 11.9. The topological polar surface area (TPSA) is 44.1 Å². The van der Waals surface area contributed by atoms with Gasteiger partial charge in [0.05, 0.1) is 6.07 Å². The largest absolute Gasteiger partial charge is 0.343 e. The Labute approximate surface area is 106 Å². The molecule has 1 fully saturated rings. The Morgan fingerprint density at radius 3 is 2.88 bits per heavy atom. The number of carbonyl (C=O) groups is 1. The standard InChI is InChI=1S/C13H16N2OS/c14-10-11-5-7-15(8-6-11)13(16)4-3-12-2-1-9-17-12/h1-2,9,11H,3-8H2. The van der Waals surface area contributed by atoms with E-state index in [1.807, 2.05) is 16.3 Å². The summed E-state index contributed by atoms with van der Waals surface area (Å²) in [6.07, 6.45) is 3.11. The van der Waals surface area contributed by atoms with E-state index >= 15 is 0 Å². The van der Waals surface area contributed by atoms with Crippen LogP contribution in [-0.4, -0.2) is 23.9 Å². The molecule has 0 aliphatic carbocycles. The average Bonchev–Trinajstić information content (AvgIpc) is 2.89. The van der Waals surface area contributed by atoms with Crippen molar-refractivity contribution in [3.8, 4) is 6.07 Å². The number of amides is 1. The van der Waals surface area contributed by atoms with Gasteiger partial charge in [-0.05, 0) is 30.7 Å². The molecular formula is C13H16N2OS. The van der Waals surface area contributed by atoms with Crippen LogP contribution in [0.25, 0.3) is 0 Å². The van der Waals surface area contributed by atoms with E-state index in [1.165, 1.54) is 4.88 Å². The molecule has 0 atom stereocenters. The summed E-state index contributed by atoms with van der Waals surface area (Å²) in [4.78, 5) is 15.1. The van der Waals surface area contributed by atoms with Gasteiger partial charge in [-0.15, -0.1) is 11.3 Å². The molecule has 1 saturated heterocycles. The molecule has 0 saturated carbocycles. The third-order valence-electron chi connectivity index (χ3n) is 3.20. The number of aryl methyl sites for hydroxylation is 1. The molecule has 2 heterocycles. The molecule has 2 rings (SSSR count). The lowest BCUT2D eigenvalue weighted by atomic mass is 9.98. The number of likely N-dealkylation sites (tertiary alicyclic amines) is 1. The molecule has 3 nitrogen and oxygen atoms in total. The fourth-order valence-corrected chi connectivity index (χ4v) is 2.81. The van der Waals surface area contributed by atoms with Crippen molar-refractivity contribution in [3.63, 3.8) is 0 Å². The molecule has 1 aromatic rings. The van der Waals surface area contributed by atoms with Crippen LogP contribution in [0.15, 0.2) is 17.5 Å². The quantitative estimate of drug-likeness (QED) is 0.824. The Morgan fingerprint density at radius 1 is 1.53 bits per heavy atom. The SMILES string of the molecule is N#CC1CCN(C(=O)CCc2cccs2)CC1. The molecule has 17 heavy (non-hydrogen) atoms. The molecule has 0 N–H and O–H groups in total. The zero-order valence-corrected chi connectivity index (χ0v) is 10.6. The van der Waals surface area contributed by atoms with Crippen LogP contribution in [0, 0.1) is 17.2 Å². The number of piperidine rings is 1. The van der Waals surface area contributed by atoms with Crippen molar-refractivity contribution >= 4 is 17.2 Å². The molecule has 90 valence electrons. The first-order valence-corrected chi connectivity index (χ1v) is 6.87. The van der Waals surface area contributed by atoms with Crippen LogP contribution in [0.2, 0.25) is 0 Å². The zero-order chi connectivity index (χ0) is 12.1. The lowest BCUT2D eigenvalue weighted by molar-refractivity contribution is -0.132. The van der Waals surface area contributed by atoms with E-state index in [-0.39, 0.29) is 11.8 Å². The van der Waals surface area contributed by atoms with E-state index in [9.17, 15) is 4.79 Å². The Bertz CT molecular complexity index is 400. The van der Waals surface area contributed by atoms with E-state index in [0.717, 1.165) is 32.4 Å². The summed E-state index contributed by atoms with van der Waals surface area (Å²) in [7, 11) is 0. The number of hydrogen-bond acceptors (Lipinski definition) is 3. The fourth-order valence-electron chi connectivity index (χ4n) is 2.10. The first-order valence-electron chi connectivity index (χ1n) is 5.99. The van der Waals surface area contributed by atoms with E-state index in [0.29, 0.717) is 6.42 Å². The van der Waals surface area contributed by atoms with Crippen LogP contribution >= 0.6 is 11.3 Å². The summed E-state index contributed by atoms with van der Waals surface area (Å²) < 4.78 is 0. The Kier molecular flexibility index (Phi) is 4.16. The van der Waals surface area contributed by atoms with Crippen molar-refractivity contribution in [2.45, 2.75) is 25.7 Å². The summed E-state index contributed by atoms with van der Waals surface area (Å²) in [6, 6.07) is 6.37. The van der Waals surface area contributed by atoms with Gasteiger partial charge >= 0.3 is 0 Å². The van der Waals surface area contributed by atoms with Gasteiger partial charge in [-0.1, -0.05) is 6.07 Å². The summed E-state index contributed by atoms with van der Waals surface area (Å²) in [5, 5.41) is 10.8. The second-order valence-electron chi connectivity index (χ2n) is 4.36. The smallest absolute Gasteiger partial charge is 0.222 e. The minimum atomic E-state index is 0.149. The normalized spacial score (nSPS) is 16.8. The van der Waals surface area contributed by atoms with Gasteiger partial charge in [0.1, 0.15) is 0 Å². The van der Waals surface area contributed by atoms with Crippen molar-refractivity contribution in [3.05, 3.63) is 22.4 Å². The number of rotatable bonds is 3. The van der Waals surface area contributed by atoms with Gasteiger partial charge in [0, 0.05) is 30.3 Å². The van der Waals surface area contributed by atoms with Crippen LogP contribution in [0.5, 0.6) is 0 Å². The van der Waals surface area contributed by atoms with E-state index in [4.69, 9.17) is 5.26 Å². The maximum atomic E-state index is 11.9. The lowest BCUT2D eigenvalue weighted by Gasteiger charge is -2.29. The number of thiophene rings is 1. The van der Waals surface area contributed by atoms with Crippen LogP contribution in [0.3, 0.4) is 0 Å². The fraction of sp³-hybridized carbons (Fsp3) is 0.538. The van der Waals surface area contributed by atoms with Crippen molar-refractivity contribution in [2.75, 3.05) is 13.1 Å². The Balaban J connectivity index is 1.76. The van der Waals surface area contributed by atoms with E-state index in [2.05, 4.69) is 12.1 Å². The van der Waals surface area contributed by atoms with Gasteiger partial charge in [-0.2, -0.15) is 5.26 Å². The molecule has 0 aromatic carbocycles. The minimum Gasteiger partial charge on any atom is -0.343 e. The Hall–Kier alpha value is -1.34. The molecule has 1 amide bonds. The van der Waals surface area contributed by atoms with Crippen molar-refractivity contribution < 1.29 is 4.79 Å². The third-order valence-corrected chi connectivity index (χ3v) is 4.13. The highest BCUT2D eigenvalue weighted by Gasteiger charge is 2.21. The highest BCUT2D eigenvalue weighted by molar-refractivity contribution is 7.09. The molecule has 0 unspecified atom stereocenters. The first kappa shape index (κ1) is 12.1. The average molecular weight is 248 g/mol. The van der Waals surface area contributed by atoms with Gasteiger partial charge < -0.3 is 4.90 Å². The molecule has 1 aliphatic rings. The Morgan fingerprint density at radius 2 is 2.29 bits per heavy atom. The number of nitriles is 1. The van der Waals surface area contributed by atoms with Gasteiger partial charge in [0.25, 0.3) is 0 Å². The van der Waals surface area contributed by atoms with Gasteiger partial charge in [-0.25, -0.2) is 0 Å². The first-order chi connectivity index (χ1) is 8.29. The number of nitrogens with zero attached hydrogens (tertiary/aromatic N) is 2. The van der Waals surface area contributed by atoms with Gasteiger partial charge in [0.15, 0.2) is 0 Å². The number of carbonyl (C=O) groups excluding carboxylic acids is 1. The second kappa shape index (κ2) is 5.83. The second-order valence-corrected chi connectivity index (χ2v) is 5.40. The summed E-state index contributed by atoms with van der Waals surface area (Å²) >= 11 is 1.70. The number of hydrogen-bond donors (Lipinski definition) is 0. The molecule has 4 heteroatoms. The van der Waals surface area contributed by atoms with E-state index in [1.54, 1.807) is 11.3 Å². The lowest BCUT2D eigenvalue weighted by Crippen LogP contribution is -2.38. The maximum Gasteiger partial charge on any atom is 0.222 e. The van der Waals surface area contributed by atoms with Crippen LogP contribution in [0.1, 0.15) is 24.1 Å². The predicted molar refractivity (Wildman–Crippen MR) is 67.6 cm³/mol. The van der Waals surface area contributed by atoms with E-state index < -0.39 is 0 Å². The zero-order valence-electron chi connectivity index (χ0n) is 9.76. The molecular weight excluding hydrogens is 232 g/mol. The van der Waals surface area contributed by atoms with Crippen LogP contribution in [0.4, 0.5) is 0 Å². The molecule has 0 radical (unpaired) electrons. The van der Waals surface area contributed by atoms with Gasteiger partial charge in [0.2, 0.25) is 5.91 Å². The molecule has 1 aromatic heterocycles. The highest BCUT2D eigenvalue weighted by atomic mass is 32.1. The minimum absolute atomic E-state index is 0.149. The highest BCUT2D eigenvalue weighted by Crippen LogP contribution is 2.18. The van der Waals surface area contributed by atoms with Crippen molar-refractivity contribution in [2.24, 2.45) is 5.92 Å².